The van der Waals surface area contributed by atoms with Gasteiger partial charge < -0.3 is 9.47 Å². The molecule has 1 heterocycles. The van der Waals surface area contributed by atoms with Crippen LogP contribution in [0.4, 0.5) is 0 Å². The first-order valence-corrected chi connectivity index (χ1v) is 8.38. The number of allylic oxidation sites excluding steroid dienone is 2. The van der Waals surface area contributed by atoms with Gasteiger partial charge in [0.05, 0.1) is 19.1 Å². The number of hydrogen-bond acceptors (Lipinski definition) is 4. The second-order valence-electron chi connectivity index (χ2n) is 5.34. The minimum atomic E-state index is 0.0654. The molecule has 0 fully saturated rings. The third-order valence-electron chi connectivity index (χ3n) is 3.82. The number of Topliss-reactive ketones (excluding diaryl/α,β-unsaturated/α-hetero) is 1. The number of ketones is 1. The molecule has 2 aromatic rings. The molecule has 1 aliphatic rings. The van der Waals surface area contributed by atoms with E-state index in [0.717, 1.165) is 21.6 Å². The lowest BCUT2D eigenvalue weighted by atomic mass is 10.0. The maximum Gasteiger partial charge on any atom is 0.200 e. The predicted molar refractivity (Wildman–Crippen MR) is 98.1 cm³/mol. The van der Waals surface area contributed by atoms with Crippen LogP contribution in [0.5, 0.6) is 11.5 Å². The summed E-state index contributed by atoms with van der Waals surface area (Å²) in [5.74, 6) is 1.42. The largest absolute Gasteiger partial charge is 0.493 e. The molecule has 0 unspecified atom stereocenters. The Morgan fingerprint density at radius 3 is 2.62 bits per heavy atom. The topological polar surface area (TPSA) is 35.5 Å². The molecule has 0 saturated heterocycles. The van der Waals surface area contributed by atoms with Crippen molar-refractivity contribution in [2.45, 2.75) is 11.3 Å². The van der Waals surface area contributed by atoms with E-state index in [-0.39, 0.29) is 5.78 Å². The van der Waals surface area contributed by atoms with E-state index in [4.69, 9.17) is 9.47 Å². The molecule has 0 N–H and O–H groups in total. The monoisotopic (exact) mass is 338 g/mol. The van der Waals surface area contributed by atoms with Crippen LogP contribution in [0.15, 0.2) is 58.9 Å². The van der Waals surface area contributed by atoms with Crippen LogP contribution in [0.25, 0.3) is 6.08 Å². The third kappa shape index (κ3) is 2.97. The van der Waals surface area contributed by atoms with E-state index in [2.05, 4.69) is 6.58 Å². The van der Waals surface area contributed by atoms with Crippen molar-refractivity contribution in [2.75, 3.05) is 14.2 Å². The number of benzene rings is 2. The summed E-state index contributed by atoms with van der Waals surface area (Å²) in [5.41, 5.74) is 2.65. The van der Waals surface area contributed by atoms with Crippen LogP contribution in [-0.4, -0.2) is 20.0 Å². The minimum Gasteiger partial charge on any atom is -0.493 e. The van der Waals surface area contributed by atoms with Crippen LogP contribution < -0.4 is 9.47 Å². The fourth-order valence-corrected chi connectivity index (χ4v) is 3.80. The molecular formula is C20H18O3S. The zero-order chi connectivity index (χ0) is 17.1. The molecule has 3 rings (SSSR count). The van der Waals surface area contributed by atoms with Gasteiger partial charge in [-0.05, 0) is 42.3 Å². The summed E-state index contributed by atoms with van der Waals surface area (Å²) in [6.07, 6.45) is 4.39. The Balaban J connectivity index is 2.03. The molecule has 122 valence electrons. The first-order chi connectivity index (χ1) is 11.7. The van der Waals surface area contributed by atoms with E-state index in [1.807, 2.05) is 48.6 Å². The Morgan fingerprint density at radius 2 is 1.96 bits per heavy atom. The van der Waals surface area contributed by atoms with Gasteiger partial charge in [0.25, 0.3) is 0 Å². The van der Waals surface area contributed by atoms with Gasteiger partial charge in [-0.1, -0.05) is 30.0 Å². The quantitative estimate of drug-likeness (QED) is 0.581. The maximum absolute atomic E-state index is 12.5. The van der Waals surface area contributed by atoms with Crippen LogP contribution in [0.3, 0.4) is 0 Å². The van der Waals surface area contributed by atoms with Crippen LogP contribution >= 0.6 is 11.8 Å². The predicted octanol–water partition coefficient (Wildman–Crippen LogP) is 4.76. The minimum absolute atomic E-state index is 0.0654. The van der Waals surface area contributed by atoms with E-state index in [1.54, 1.807) is 14.2 Å². The van der Waals surface area contributed by atoms with Gasteiger partial charge in [0.1, 0.15) is 0 Å². The molecule has 0 aromatic heterocycles. The van der Waals surface area contributed by atoms with E-state index < -0.39 is 0 Å². The van der Waals surface area contributed by atoms with Gasteiger partial charge >= 0.3 is 0 Å². The Bertz CT molecular complexity index is 837. The average molecular weight is 338 g/mol. The van der Waals surface area contributed by atoms with Crippen molar-refractivity contribution in [3.05, 3.63) is 70.6 Å². The number of thioether (sulfide) groups is 1. The lowest BCUT2D eigenvalue weighted by Crippen LogP contribution is -1.97. The van der Waals surface area contributed by atoms with Crippen LogP contribution in [-0.2, 0) is 6.42 Å². The zero-order valence-electron chi connectivity index (χ0n) is 13.7. The van der Waals surface area contributed by atoms with Crippen molar-refractivity contribution < 1.29 is 14.3 Å². The molecule has 1 aliphatic heterocycles. The maximum atomic E-state index is 12.5. The van der Waals surface area contributed by atoms with Crippen molar-refractivity contribution in [3.63, 3.8) is 0 Å². The smallest absolute Gasteiger partial charge is 0.200 e. The van der Waals surface area contributed by atoms with Gasteiger partial charge in [0.15, 0.2) is 11.5 Å². The zero-order valence-corrected chi connectivity index (χ0v) is 14.5. The molecule has 24 heavy (non-hydrogen) atoms. The van der Waals surface area contributed by atoms with Crippen molar-refractivity contribution in [1.29, 1.82) is 0 Å². The number of carbonyl (C=O) groups is 1. The first kappa shape index (κ1) is 16.4. The van der Waals surface area contributed by atoms with Gasteiger partial charge in [-0.15, -0.1) is 6.58 Å². The highest BCUT2D eigenvalue weighted by Gasteiger charge is 2.25. The normalized spacial score (nSPS) is 14.6. The fraction of sp³-hybridized carbons (Fsp3) is 0.150. The summed E-state index contributed by atoms with van der Waals surface area (Å²) >= 11 is 1.50. The van der Waals surface area contributed by atoms with Crippen molar-refractivity contribution >= 4 is 23.6 Å². The molecule has 0 atom stereocenters. The first-order valence-electron chi connectivity index (χ1n) is 7.57. The van der Waals surface area contributed by atoms with E-state index in [1.165, 1.54) is 11.8 Å². The van der Waals surface area contributed by atoms with E-state index in [9.17, 15) is 4.79 Å². The summed E-state index contributed by atoms with van der Waals surface area (Å²) in [6.45, 7) is 3.79. The van der Waals surface area contributed by atoms with Crippen LogP contribution in [0, 0.1) is 0 Å². The van der Waals surface area contributed by atoms with Crippen molar-refractivity contribution in [2.24, 2.45) is 0 Å². The highest BCUT2D eigenvalue weighted by molar-refractivity contribution is 8.04. The summed E-state index contributed by atoms with van der Waals surface area (Å²) in [5, 5.41) is 0. The second-order valence-corrected chi connectivity index (χ2v) is 6.43. The van der Waals surface area contributed by atoms with Crippen molar-refractivity contribution in [1.82, 2.24) is 0 Å². The van der Waals surface area contributed by atoms with Gasteiger partial charge in [-0.3, -0.25) is 4.79 Å². The highest BCUT2D eigenvalue weighted by Crippen LogP contribution is 2.41. The molecule has 0 amide bonds. The lowest BCUT2D eigenvalue weighted by molar-refractivity contribution is 0.104. The summed E-state index contributed by atoms with van der Waals surface area (Å²) in [4.78, 5) is 14.2. The van der Waals surface area contributed by atoms with E-state index in [0.29, 0.717) is 22.8 Å². The number of hydrogen-bond donors (Lipinski definition) is 0. The van der Waals surface area contributed by atoms with Gasteiger partial charge in [-0.2, -0.15) is 0 Å². The Labute approximate surface area is 146 Å². The molecule has 4 heteroatoms. The number of rotatable bonds is 5. The van der Waals surface area contributed by atoms with Crippen LogP contribution in [0.1, 0.15) is 21.5 Å². The molecular weight excluding hydrogens is 320 g/mol. The molecule has 0 saturated carbocycles. The standard InChI is InChI=1S/C20H18O3S/c1-4-7-14-10-13(11-16(22-2)20(14)23-3)12-18-19(21)15-8-5-6-9-17(15)24-18/h4-6,8-12H,1,7H2,2-3H3/b18-12+. The fourth-order valence-electron chi connectivity index (χ4n) is 2.74. The molecule has 2 aromatic carbocycles. The molecule has 0 radical (unpaired) electrons. The van der Waals surface area contributed by atoms with Crippen LogP contribution in [0.2, 0.25) is 0 Å². The molecule has 0 aliphatic carbocycles. The Morgan fingerprint density at radius 1 is 1.17 bits per heavy atom. The average Bonchev–Trinajstić information content (AvgIpc) is 2.91. The van der Waals surface area contributed by atoms with Gasteiger partial charge in [-0.25, -0.2) is 0 Å². The third-order valence-corrected chi connectivity index (χ3v) is 4.91. The molecule has 3 nitrogen and oxygen atoms in total. The number of methoxy groups -OCH3 is 2. The number of fused-ring (bicyclic) bond motifs is 1. The van der Waals surface area contributed by atoms with E-state index >= 15 is 0 Å². The highest BCUT2D eigenvalue weighted by atomic mass is 32.2. The number of carbonyl (C=O) groups excluding carboxylic acids is 1. The van der Waals surface area contributed by atoms with Gasteiger partial charge in [0, 0.05) is 16.0 Å². The molecule has 0 bridgehead atoms. The molecule has 0 spiro atoms. The SMILES string of the molecule is C=CCc1cc(/C=C2/Sc3ccccc3C2=O)cc(OC)c1OC. The Kier molecular flexibility index (Phi) is 4.76. The summed E-state index contributed by atoms with van der Waals surface area (Å²) < 4.78 is 10.9. The van der Waals surface area contributed by atoms with Gasteiger partial charge in [0.2, 0.25) is 5.78 Å². The summed E-state index contributed by atoms with van der Waals surface area (Å²) in [6, 6.07) is 11.6. The second kappa shape index (κ2) is 6.97. The van der Waals surface area contributed by atoms with Crippen molar-refractivity contribution in [3.8, 4) is 11.5 Å². The Hall–Kier alpha value is -2.46. The summed E-state index contributed by atoms with van der Waals surface area (Å²) in [7, 11) is 3.23. The number of ether oxygens (including phenoxy) is 2. The lowest BCUT2D eigenvalue weighted by Gasteiger charge is -2.13.